The normalized spacial score (nSPS) is 11.8. The van der Waals surface area contributed by atoms with Crippen LogP contribution in [0, 0.1) is 0 Å². The van der Waals surface area contributed by atoms with E-state index in [4.69, 9.17) is 23.2 Å². The van der Waals surface area contributed by atoms with Gasteiger partial charge in [-0.3, -0.25) is 0 Å². The van der Waals surface area contributed by atoms with Crippen molar-refractivity contribution in [2.24, 2.45) is 0 Å². The number of benzene rings is 1. The van der Waals surface area contributed by atoms with E-state index in [-0.39, 0.29) is 6.61 Å². The van der Waals surface area contributed by atoms with Gasteiger partial charge < -0.3 is 10.1 Å². The summed E-state index contributed by atoms with van der Waals surface area (Å²) in [6.07, 6.45) is -4.28. The lowest BCUT2D eigenvalue weighted by molar-refractivity contribution is -0.173. The molecule has 1 N–H and O–H groups in total. The summed E-state index contributed by atoms with van der Waals surface area (Å²) in [5.74, 6) is 0. The molecule has 0 fully saturated rings. The molecule has 1 aromatic rings. The fourth-order valence-corrected chi connectivity index (χ4v) is 1.61. The Hall–Kier alpha value is -0.490. The number of alkyl halides is 3. The first-order valence-electron chi connectivity index (χ1n) is 5.17. The SMILES string of the molecule is FC(F)(F)COCCNCc1cc(Cl)ccc1Cl. The summed E-state index contributed by atoms with van der Waals surface area (Å²) >= 11 is 11.7. The Morgan fingerprint density at radius 2 is 1.94 bits per heavy atom. The first kappa shape index (κ1) is 15.6. The lowest BCUT2D eigenvalue weighted by atomic mass is 10.2. The number of rotatable bonds is 6. The van der Waals surface area contributed by atoms with Gasteiger partial charge >= 0.3 is 6.18 Å². The summed E-state index contributed by atoms with van der Waals surface area (Å²) in [6, 6.07) is 5.04. The number of halogens is 5. The van der Waals surface area contributed by atoms with E-state index in [1.807, 2.05) is 0 Å². The highest BCUT2D eigenvalue weighted by molar-refractivity contribution is 6.33. The zero-order valence-corrected chi connectivity index (χ0v) is 10.9. The van der Waals surface area contributed by atoms with Crippen LogP contribution < -0.4 is 5.32 Å². The van der Waals surface area contributed by atoms with Crippen molar-refractivity contribution >= 4 is 23.2 Å². The van der Waals surface area contributed by atoms with Crippen molar-refractivity contribution < 1.29 is 17.9 Å². The van der Waals surface area contributed by atoms with Gasteiger partial charge in [-0.05, 0) is 23.8 Å². The van der Waals surface area contributed by atoms with Gasteiger partial charge in [0, 0.05) is 23.1 Å². The number of ether oxygens (including phenoxy) is 1. The monoisotopic (exact) mass is 301 g/mol. The molecule has 0 unspecified atom stereocenters. The van der Waals surface area contributed by atoms with E-state index in [1.54, 1.807) is 18.2 Å². The largest absolute Gasteiger partial charge is 0.411 e. The van der Waals surface area contributed by atoms with Crippen LogP contribution in [0.4, 0.5) is 13.2 Å². The van der Waals surface area contributed by atoms with Crippen LogP contribution in [0.3, 0.4) is 0 Å². The van der Waals surface area contributed by atoms with E-state index in [9.17, 15) is 13.2 Å². The van der Waals surface area contributed by atoms with E-state index in [2.05, 4.69) is 10.1 Å². The summed E-state index contributed by atoms with van der Waals surface area (Å²) in [4.78, 5) is 0. The van der Waals surface area contributed by atoms with Crippen LogP contribution >= 0.6 is 23.2 Å². The van der Waals surface area contributed by atoms with Crippen molar-refractivity contribution in [1.29, 1.82) is 0 Å². The summed E-state index contributed by atoms with van der Waals surface area (Å²) in [6.45, 7) is -0.516. The van der Waals surface area contributed by atoms with Crippen LogP contribution in [0.15, 0.2) is 18.2 Å². The average Bonchev–Trinajstić information content (AvgIpc) is 2.26. The molecule has 1 aromatic carbocycles. The molecule has 0 aliphatic rings. The van der Waals surface area contributed by atoms with Crippen molar-refractivity contribution in [2.45, 2.75) is 12.7 Å². The van der Waals surface area contributed by atoms with Gasteiger partial charge in [0.25, 0.3) is 0 Å². The van der Waals surface area contributed by atoms with E-state index in [0.717, 1.165) is 5.56 Å². The van der Waals surface area contributed by atoms with Crippen molar-refractivity contribution in [3.8, 4) is 0 Å². The number of hydrogen-bond acceptors (Lipinski definition) is 2. The fourth-order valence-electron chi connectivity index (χ4n) is 1.23. The molecule has 2 nitrogen and oxygen atoms in total. The second-order valence-corrected chi connectivity index (χ2v) is 4.42. The van der Waals surface area contributed by atoms with Crippen LogP contribution in [0.25, 0.3) is 0 Å². The second-order valence-electron chi connectivity index (χ2n) is 3.58. The molecule has 0 bridgehead atoms. The Kier molecular flexibility index (Phi) is 6.21. The number of hydrogen-bond donors (Lipinski definition) is 1. The molecule has 0 amide bonds. The molecule has 102 valence electrons. The Morgan fingerprint density at radius 3 is 2.61 bits per heavy atom. The molecule has 0 aliphatic heterocycles. The maximum Gasteiger partial charge on any atom is 0.411 e. The molecular formula is C11H12Cl2F3NO. The minimum absolute atomic E-state index is 0.0162. The maximum absolute atomic E-state index is 11.7. The van der Waals surface area contributed by atoms with Gasteiger partial charge in [0.15, 0.2) is 0 Å². The smallest absolute Gasteiger partial charge is 0.371 e. The third kappa shape index (κ3) is 6.44. The van der Waals surface area contributed by atoms with Gasteiger partial charge in [-0.1, -0.05) is 23.2 Å². The average molecular weight is 302 g/mol. The summed E-state index contributed by atoms with van der Waals surface area (Å²) in [5, 5.41) is 4.04. The lowest BCUT2D eigenvalue weighted by Crippen LogP contribution is -2.23. The van der Waals surface area contributed by atoms with Crippen molar-refractivity contribution in [1.82, 2.24) is 5.32 Å². The third-order valence-corrected chi connectivity index (χ3v) is 2.62. The minimum Gasteiger partial charge on any atom is -0.371 e. The molecule has 0 aliphatic carbocycles. The Bertz CT molecular complexity index is 385. The maximum atomic E-state index is 11.7. The molecule has 0 saturated carbocycles. The predicted molar refractivity (Wildman–Crippen MR) is 65.0 cm³/mol. The molecule has 0 atom stereocenters. The zero-order valence-electron chi connectivity index (χ0n) is 9.36. The highest BCUT2D eigenvalue weighted by atomic mass is 35.5. The molecule has 0 radical (unpaired) electrons. The standard InChI is InChI=1S/C11H12Cl2F3NO/c12-9-1-2-10(13)8(5-9)6-17-3-4-18-7-11(14,15)16/h1-2,5,17H,3-4,6-7H2. The van der Waals surface area contributed by atoms with Crippen LogP contribution in [0.2, 0.25) is 10.0 Å². The van der Waals surface area contributed by atoms with Gasteiger partial charge in [0.2, 0.25) is 0 Å². The first-order chi connectivity index (χ1) is 8.38. The molecule has 0 spiro atoms. The van der Waals surface area contributed by atoms with Crippen LogP contribution in [0.5, 0.6) is 0 Å². The predicted octanol–water partition coefficient (Wildman–Crippen LogP) is 3.66. The molecule has 7 heteroatoms. The molecule has 18 heavy (non-hydrogen) atoms. The van der Waals surface area contributed by atoms with E-state index >= 15 is 0 Å². The van der Waals surface area contributed by atoms with Crippen LogP contribution in [0.1, 0.15) is 5.56 Å². The van der Waals surface area contributed by atoms with Crippen molar-refractivity contribution in [2.75, 3.05) is 19.8 Å². The number of nitrogens with one attached hydrogen (secondary N) is 1. The minimum atomic E-state index is -4.28. The van der Waals surface area contributed by atoms with Gasteiger partial charge in [-0.15, -0.1) is 0 Å². The van der Waals surface area contributed by atoms with Gasteiger partial charge in [0.1, 0.15) is 6.61 Å². The summed E-state index contributed by atoms with van der Waals surface area (Å²) < 4.78 is 39.7. The van der Waals surface area contributed by atoms with Crippen LogP contribution in [-0.4, -0.2) is 25.9 Å². The molecule has 1 rings (SSSR count). The van der Waals surface area contributed by atoms with Crippen LogP contribution in [-0.2, 0) is 11.3 Å². The highest BCUT2D eigenvalue weighted by Gasteiger charge is 2.27. The first-order valence-corrected chi connectivity index (χ1v) is 5.93. The summed E-state index contributed by atoms with van der Waals surface area (Å²) in [7, 11) is 0. The molecular weight excluding hydrogens is 290 g/mol. The molecule has 0 aromatic heterocycles. The van der Waals surface area contributed by atoms with E-state index in [0.29, 0.717) is 23.1 Å². The third-order valence-electron chi connectivity index (χ3n) is 2.01. The highest BCUT2D eigenvalue weighted by Crippen LogP contribution is 2.20. The van der Waals surface area contributed by atoms with Gasteiger partial charge in [0.05, 0.1) is 6.61 Å². The quantitative estimate of drug-likeness (QED) is 0.810. The van der Waals surface area contributed by atoms with Crippen molar-refractivity contribution in [3.63, 3.8) is 0 Å². The summed E-state index contributed by atoms with van der Waals surface area (Å²) in [5.41, 5.74) is 0.792. The van der Waals surface area contributed by atoms with Crippen molar-refractivity contribution in [3.05, 3.63) is 33.8 Å². The lowest BCUT2D eigenvalue weighted by Gasteiger charge is -2.09. The van der Waals surface area contributed by atoms with Gasteiger partial charge in [-0.25, -0.2) is 0 Å². The topological polar surface area (TPSA) is 21.3 Å². The van der Waals surface area contributed by atoms with E-state index in [1.165, 1.54) is 0 Å². The van der Waals surface area contributed by atoms with Gasteiger partial charge in [-0.2, -0.15) is 13.2 Å². The molecule has 0 heterocycles. The second kappa shape index (κ2) is 7.19. The zero-order chi connectivity index (χ0) is 13.6. The Morgan fingerprint density at radius 1 is 1.22 bits per heavy atom. The van der Waals surface area contributed by atoms with E-state index < -0.39 is 12.8 Å². The molecule has 0 saturated heterocycles. The Balaban J connectivity index is 2.20. The fraction of sp³-hybridized carbons (Fsp3) is 0.455. The Labute approximate surface area is 113 Å².